The highest BCUT2D eigenvalue weighted by atomic mass is 32.2. The van der Waals surface area contributed by atoms with Crippen LogP contribution in [-0.4, -0.2) is 18.1 Å². The Labute approximate surface area is 114 Å². The molecule has 0 amide bonds. The van der Waals surface area contributed by atoms with Crippen LogP contribution < -0.4 is 5.32 Å². The predicted octanol–water partition coefficient (Wildman–Crippen LogP) is 4.52. The Morgan fingerprint density at radius 1 is 0.889 bits per heavy atom. The molecule has 0 heterocycles. The third kappa shape index (κ3) is 3.81. The van der Waals surface area contributed by atoms with Crippen molar-refractivity contribution in [3.8, 4) is 11.1 Å². The second-order valence-electron chi connectivity index (χ2n) is 4.07. The average Bonchev–Trinajstić information content (AvgIpc) is 2.45. The van der Waals surface area contributed by atoms with Gasteiger partial charge in [-0.15, -0.1) is 0 Å². The molecule has 0 aromatic heterocycles. The van der Waals surface area contributed by atoms with E-state index in [1.54, 1.807) is 0 Å². The molecule has 2 rings (SSSR count). The summed E-state index contributed by atoms with van der Waals surface area (Å²) in [6.07, 6.45) is 0. The van der Waals surface area contributed by atoms with Crippen molar-refractivity contribution in [3.63, 3.8) is 0 Å². The van der Waals surface area contributed by atoms with Crippen molar-refractivity contribution < 1.29 is 0 Å². The third-order valence-corrected chi connectivity index (χ3v) is 3.67. The number of thioether (sulfide) groups is 1. The molecular formula is C16H19NS. The zero-order valence-corrected chi connectivity index (χ0v) is 11.5. The van der Waals surface area contributed by atoms with Crippen LogP contribution in [0.25, 0.3) is 11.1 Å². The number of hydrogen-bond donors (Lipinski definition) is 1. The van der Waals surface area contributed by atoms with Crippen LogP contribution in [0.4, 0.5) is 5.69 Å². The Morgan fingerprint density at radius 2 is 1.56 bits per heavy atom. The normalized spacial score (nSPS) is 10.3. The minimum absolute atomic E-state index is 1.03. The first kappa shape index (κ1) is 13.0. The Kier molecular flexibility index (Phi) is 5.15. The van der Waals surface area contributed by atoms with Crippen LogP contribution in [0.3, 0.4) is 0 Å². The van der Waals surface area contributed by atoms with Crippen LogP contribution in [0.2, 0.25) is 0 Å². The van der Waals surface area contributed by atoms with Crippen molar-refractivity contribution in [1.82, 2.24) is 0 Å². The maximum Gasteiger partial charge on any atom is 0.0340 e. The second kappa shape index (κ2) is 7.12. The lowest BCUT2D eigenvalue weighted by atomic mass is 10.1. The average molecular weight is 257 g/mol. The van der Waals surface area contributed by atoms with Gasteiger partial charge in [0.1, 0.15) is 0 Å². The van der Waals surface area contributed by atoms with Crippen molar-refractivity contribution in [2.45, 2.75) is 6.92 Å². The van der Waals surface area contributed by atoms with E-state index in [2.05, 4.69) is 60.8 Å². The zero-order valence-electron chi connectivity index (χ0n) is 10.7. The van der Waals surface area contributed by atoms with E-state index in [-0.39, 0.29) is 0 Å². The van der Waals surface area contributed by atoms with E-state index in [1.807, 2.05) is 17.8 Å². The third-order valence-electron chi connectivity index (χ3n) is 2.77. The fourth-order valence-electron chi connectivity index (χ4n) is 1.82. The second-order valence-corrected chi connectivity index (χ2v) is 5.46. The van der Waals surface area contributed by atoms with Crippen molar-refractivity contribution in [2.75, 3.05) is 23.4 Å². The molecule has 0 radical (unpaired) electrons. The lowest BCUT2D eigenvalue weighted by molar-refractivity contribution is 1.23. The van der Waals surface area contributed by atoms with Gasteiger partial charge in [0, 0.05) is 18.0 Å². The molecule has 0 unspecified atom stereocenters. The molecule has 94 valence electrons. The SMILES string of the molecule is CCSCCNc1ccc(-c2ccccc2)cc1. The number of nitrogens with one attached hydrogen (secondary N) is 1. The van der Waals surface area contributed by atoms with E-state index in [9.17, 15) is 0 Å². The Hall–Kier alpha value is -1.41. The fraction of sp³-hybridized carbons (Fsp3) is 0.250. The van der Waals surface area contributed by atoms with Crippen molar-refractivity contribution in [3.05, 3.63) is 54.6 Å². The molecular weight excluding hydrogens is 238 g/mol. The standard InChI is InChI=1S/C16H19NS/c1-2-18-13-12-17-16-10-8-15(9-11-16)14-6-4-3-5-7-14/h3-11,17H,2,12-13H2,1H3. The van der Waals surface area contributed by atoms with Gasteiger partial charge >= 0.3 is 0 Å². The highest BCUT2D eigenvalue weighted by molar-refractivity contribution is 7.99. The summed E-state index contributed by atoms with van der Waals surface area (Å²) in [5.41, 5.74) is 3.74. The first-order valence-corrected chi connectivity index (χ1v) is 7.52. The van der Waals surface area contributed by atoms with Gasteiger partial charge in [0.15, 0.2) is 0 Å². The van der Waals surface area contributed by atoms with Gasteiger partial charge in [-0.05, 0) is 29.0 Å². The van der Waals surface area contributed by atoms with E-state index >= 15 is 0 Å². The minimum Gasteiger partial charge on any atom is -0.384 e. The maximum absolute atomic E-state index is 3.44. The van der Waals surface area contributed by atoms with Crippen molar-refractivity contribution in [2.24, 2.45) is 0 Å². The molecule has 1 nitrogen and oxygen atoms in total. The topological polar surface area (TPSA) is 12.0 Å². The fourth-order valence-corrected chi connectivity index (χ4v) is 2.36. The first-order valence-electron chi connectivity index (χ1n) is 6.37. The Balaban J connectivity index is 1.94. The summed E-state index contributed by atoms with van der Waals surface area (Å²) in [6.45, 7) is 3.22. The van der Waals surface area contributed by atoms with Gasteiger partial charge < -0.3 is 5.32 Å². The minimum atomic E-state index is 1.03. The largest absolute Gasteiger partial charge is 0.384 e. The zero-order chi connectivity index (χ0) is 12.6. The summed E-state index contributed by atoms with van der Waals surface area (Å²) in [7, 11) is 0. The number of benzene rings is 2. The van der Waals surface area contributed by atoms with E-state index in [1.165, 1.54) is 22.6 Å². The molecule has 1 N–H and O–H groups in total. The molecule has 0 aliphatic heterocycles. The molecule has 0 saturated heterocycles. The maximum atomic E-state index is 3.44. The van der Waals surface area contributed by atoms with Gasteiger partial charge in [-0.2, -0.15) is 11.8 Å². The molecule has 0 atom stereocenters. The molecule has 0 spiro atoms. The van der Waals surface area contributed by atoms with Crippen LogP contribution in [-0.2, 0) is 0 Å². The predicted molar refractivity (Wildman–Crippen MR) is 83.4 cm³/mol. The monoisotopic (exact) mass is 257 g/mol. The van der Waals surface area contributed by atoms with Gasteiger partial charge in [0.25, 0.3) is 0 Å². The highest BCUT2D eigenvalue weighted by Gasteiger charge is 1.96. The smallest absolute Gasteiger partial charge is 0.0340 e. The summed E-state index contributed by atoms with van der Waals surface area (Å²) < 4.78 is 0. The van der Waals surface area contributed by atoms with Crippen LogP contribution in [0.1, 0.15) is 6.92 Å². The number of anilines is 1. The quantitative estimate of drug-likeness (QED) is 0.764. The molecule has 18 heavy (non-hydrogen) atoms. The Morgan fingerprint density at radius 3 is 2.22 bits per heavy atom. The van der Waals surface area contributed by atoms with Crippen LogP contribution in [0.5, 0.6) is 0 Å². The lowest BCUT2D eigenvalue weighted by Gasteiger charge is -2.07. The van der Waals surface area contributed by atoms with Crippen LogP contribution in [0, 0.1) is 0 Å². The summed E-state index contributed by atoms with van der Waals surface area (Å²) in [5, 5.41) is 3.44. The molecule has 0 fully saturated rings. The van der Waals surface area contributed by atoms with Crippen LogP contribution >= 0.6 is 11.8 Å². The molecule has 0 saturated carbocycles. The Bertz CT molecular complexity index is 450. The summed E-state index contributed by atoms with van der Waals surface area (Å²) in [5.74, 6) is 2.35. The number of hydrogen-bond acceptors (Lipinski definition) is 2. The van der Waals surface area contributed by atoms with E-state index < -0.39 is 0 Å². The van der Waals surface area contributed by atoms with Gasteiger partial charge in [-0.25, -0.2) is 0 Å². The molecule has 2 aromatic carbocycles. The van der Waals surface area contributed by atoms with Gasteiger partial charge in [-0.3, -0.25) is 0 Å². The van der Waals surface area contributed by atoms with Gasteiger partial charge in [0.05, 0.1) is 0 Å². The molecule has 0 aliphatic rings. The van der Waals surface area contributed by atoms with Crippen molar-refractivity contribution in [1.29, 1.82) is 0 Å². The molecule has 2 aromatic rings. The van der Waals surface area contributed by atoms with E-state index in [0.717, 1.165) is 12.3 Å². The first-order chi connectivity index (χ1) is 8.90. The highest BCUT2D eigenvalue weighted by Crippen LogP contribution is 2.20. The van der Waals surface area contributed by atoms with Crippen LogP contribution in [0.15, 0.2) is 54.6 Å². The van der Waals surface area contributed by atoms with E-state index in [0.29, 0.717) is 0 Å². The van der Waals surface area contributed by atoms with Gasteiger partial charge in [-0.1, -0.05) is 49.4 Å². The molecule has 0 bridgehead atoms. The molecule has 0 aliphatic carbocycles. The number of rotatable bonds is 6. The van der Waals surface area contributed by atoms with Crippen molar-refractivity contribution >= 4 is 17.4 Å². The summed E-state index contributed by atoms with van der Waals surface area (Å²) in [6, 6.07) is 19.1. The van der Waals surface area contributed by atoms with Gasteiger partial charge in [0.2, 0.25) is 0 Å². The summed E-state index contributed by atoms with van der Waals surface area (Å²) >= 11 is 1.96. The lowest BCUT2D eigenvalue weighted by Crippen LogP contribution is -2.03. The summed E-state index contributed by atoms with van der Waals surface area (Å²) in [4.78, 5) is 0. The molecule has 2 heteroatoms. The van der Waals surface area contributed by atoms with E-state index in [4.69, 9.17) is 0 Å².